The molecule has 8 heavy (non-hydrogen) atoms. The summed E-state index contributed by atoms with van der Waals surface area (Å²) in [6.45, 7) is 6.24. The molecule has 0 unspecified atom stereocenters. The molecule has 0 heterocycles. The zero-order valence-electron chi connectivity index (χ0n) is 5.65. The van der Waals surface area contributed by atoms with Crippen molar-refractivity contribution < 1.29 is 5.11 Å². The van der Waals surface area contributed by atoms with Crippen molar-refractivity contribution >= 4 is 0 Å². The second kappa shape index (κ2) is 2.61. The first-order chi connectivity index (χ1) is 3.56. The molecule has 0 aliphatic heterocycles. The van der Waals surface area contributed by atoms with E-state index in [0.29, 0.717) is 0 Å². The molecular weight excluding hydrogens is 100 g/mol. The maximum atomic E-state index is 8.07. The van der Waals surface area contributed by atoms with E-state index in [1.807, 2.05) is 6.11 Å². The second-order valence-electron chi connectivity index (χ2n) is 3.03. The summed E-state index contributed by atoms with van der Waals surface area (Å²) in [6, 6.07) is 0. The lowest BCUT2D eigenvalue weighted by Crippen LogP contribution is -2.01. The van der Waals surface area contributed by atoms with Crippen LogP contribution in [0.3, 0.4) is 0 Å². The number of aliphatic hydroxyl groups excluding tert-OH is 1. The van der Waals surface area contributed by atoms with Crippen molar-refractivity contribution in [3.63, 3.8) is 0 Å². The Hall–Kier alpha value is -0.640. The Labute approximate surface area is 50.7 Å². The summed E-state index contributed by atoms with van der Waals surface area (Å²) in [6.07, 6.45) is 2.63. The number of rotatable bonds is 0. The van der Waals surface area contributed by atoms with Crippen molar-refractivity contribution in [2.24, 2.45) is 5.41 Å². The normalized spacial score (nSPS) is 9.88. The van der Waals surface area contributed by atoms with Crippen molar-refractivity contribution in [1.82, 2.24) is 0 Å². The summed E-state index contributed by atoms with van der Waals surface area (Å²) in [7, 11) is 0. The summed E-state index contributed by atoms with van der Waals surface area (Å²) in [5, 5.41) is 8.07. The fraction of sp³-hybridized carbons (Fsp3) is 0.714. The van der Waals surface area contributed by atoms with Gasteiger partial charge < -0.3 is 5.11 Å². The van der Waals surface area contributed by atoms with Gasteiger partial charge in [-0.1, -0.05) is 26.7 Å². The van der Waals surface area contributed by atoms with E-state index in [0.717, 1.165) is 6.42 Å². The lowest BCUT2D eigenvalue weighted by atomic mass is 9.93. The van der Waals surface area contributed by atoms with Gasteiger partial charge in [-0.25, -0.2) is 0 Å². The fourth-order valence-corrected chi connectivity index (χ4v) is 0.305. The second-order valence-corrected chi connectivity index (χ2v) is 3.03. The largest absolute Gasteiger partial charge is 0.462 e. The number of hydrogen-bond acceptors (Lipinski definition) is 1. The molecule has 0 spiro atoms. The molecule has 0 atom stereocenters. The molecule has 0 aromatic carbocycles. The lowest BCUT2D eigenvalue weighted by molar-refractivity contribution is 0.424. The van der Waals surface area contributed by atoms with Crippen LogP contribution in [0.4, 0.5) is 0 Å². The highest BCUT2D eigenvalue weighted by Crippen LogP contribution is 2.16. The van der Waals surface area contributed by atoms with E-state index >= 15 is 0 Å². The molecular formula is C7H12O. The standard InChI is InChI=1S/C7H12O/c1-7(2,3)5-4-6-8/h8H,5H2,1-3H3. The van der Waals surface area contributed by atoms with E-state index in [9.17, 15) is 0 Å². The Morgan fingerprint density at radius 3 is 2.00 bits per heavy atom. The first-order valence-corrected chi connectivity index (χ1v) is 2.68. The molecule has 1 N–H and O–H groups in total. The minimum Gasteiger partial charge on any atom is -0.462 e. The van der Waals surface area contributed by atoms with Gasteiger partial charge in [-0.3, -0.25) is 0 Å². The molecule has 1 heteroatoms. The predicted octanol–water partition coefficient (Wildman–Crippen LogP) is 1.76. The van der Waals surface area contributed by atoms with Crippen LogP contribution >= 0.6 is 0 Å². The molecule has 0 fully saturated rings. The van der Waals surface area contributed by atoms with Gasteiger partial charge in [0.1, 0.15) is 6.11 Å². The topological polar surface area (TPSA) is 20.2 Å². The summed E-state index contributed by atoms with van der Waals surface area (Å²) in [5.74, 6) is 2.59. The fourth-order valence-electron chi connectivity index (χ4n) is 0.305. The lowest BCUT2D eigenvalue weighted by Gasteiger charge is -2.11. The van der Waals surface area contributed by atoms with Crippen molar-refractivity contribution in [2.45, 2.75) is 27.2 Å². The molecule has 0 aliphatic carbocycles. The van der Waals surface area contributed by atoms with E-state index in [2.05, 4.69) is 26.7 Å². The van der Waals surface area contributed by atoms with E-state index in [1.165, 1.54) is 0 Å². The van der Waals surface area contributed by atoms with Gasteiger partial charge in [-0.05, 0) is 5.41 Å². The molecule has 0 saturated carbocycles. The van der Waals surface area contributed by atoms with E-state index in [4.69, 9.17) is 5.11 Å². The van der Waals surface area contributed by atoms with Crippen LogP contribution in [0.2, 0.25) is 0 Å². The van der Waals surface area contributed by atoms with Gasteiger partial charge in [0.15, 0.2) is 0 Å². The van der Waals surface area contributed by atoms with Crippen LogP contribution in [0.15, 0.2) is 0 Å². The summed E-state index contributed by atoms with van der Waals surface area (Å²) in [4.78, 5) is 0. The molecule has 0 rings (SSSR count). The zero-order chi connectivity index (χ0) is 6.62. The third-order valence-corrected chi connectivity index (χ3v) is 0.698. The van der Waals surface area contributed by atoms with E-state index in [-0.39, 0.29) is 5.41 Å². The number of aliphatic hydroxyl groups is 1. The zero-order valence-corrected chi connectivity index (χ0v) is 5.65. The maximum Gasteiger partial charge on any atom is 0.107 e. The third kappa shape index (κ3) is 5.36. The predicted molar refractivity (Wildman–Crippen MR) is 33.8 cm³/mol. The first-order valence-electron chi connectivity index (χ1n) is 2.68. The van der Waals surface area contributed by atoms with Gasteiger partial charge in [0.2, 0.25) is 0 Å². The van der Waals surface area contributed by atoms with Gasteiger partial charge >= 0.3 is 0 Å². The van der Waals surface area contributed by atoms with Crippen molar-refractivity contribution in [2.75, 3.05) is 0 Å². The SMILES string of the molecule is CC(C)(C)CC#CO. The highest BCUT2D eigenvalue weighted by molar-refractivity contribution is 4.93. The third-order valence-electron chi connectivity index (χ3n) is 0.698. The maximum absolute atomic E-state index is 8.07. The Bertz CT molecular complexity index is 109. The molecule has 1 nitrogen and oxygen atoms in total. The van der Waals surface area contributed by atoms with E-state index < -0.39 is 0 Å². The molecule has 0 saturated heterocycles. The monoisotopic (exact) mass is 112 g/mol. The van der Waals surface area contributed by atoms with Crippen LogP contribution in [0.1, 0.15) is 27.2 Å². The van der Waals surface area contributed by atoms with Gasteiger partial charge in [0, 0.05) is 6.42 Å². The highest BCUT2D eigenvalue weighted by atomic mass is 16.2. The van der Waals surface area contributed by atoms with Crippen LogP contribution in [0, 0.1) is 17.4 Å². The van der Waals surface area contributed by atoms with Crippen LogP contribution in [-0.4, -0.2) is 5.11 Å². The molecule has 0 radical (unpaired) electrons. The summed E-state index contributed by atoms with van der Waals surface area (Å²) < 4.78 is 0. The minimum atomic E-state index is 0.218. The van der Waals surface area contributed by atoms with Crippen LogP contribution in [0.25, 0.3) is 0 Å². The van der Waals surface area contributed by atoms with Gasteiger partial charge in [0.25, 0.3) is 0 Å². The van der Waals surface area contributed by atoms with Crippen molar-refractivity contribution in [3.8, 4) is 12.0 Å². The minimum absolute atomic E-state index is 0.218. The quantitative estimate of drug-likeness (QED) is 0.473. The van der Waals surface area contributed by atoms with Crippen LogP contribution in [-0.2, 0) is 0 Å². The Balaban J connectivity index is 3.50. The van der Waals surface area contributed by atoms with Crippen molar-refractivity contribution in [3.05, 3.63) is 0 Å². The summed E-state index contributed by atoms with van der Waals surface area (Å²) >= 11 is 0. The average Bonchev–Trinajstić information content (AvgIpc) is 1.59. The highest BCUT2D eigenvalue weighted by Gasteiger charge is 2.06. The van der Waals surface area contributed by atoms with Gasteiger partial charge in [-0.15, -0.1) is 0 Å². The Morgan fingerprint density at radius 1 is 1.38 bits per heavy atom. The summed E-state index contributed by atoms with van der Waals surface area (Å²) in [5.41, 5.74) is 0.218. The molecule has 0 amide bonds. The molecule has 46 valence electrons. The van der Waals surface area contributed by atoms with E-state index in [1.54, 1.807) is 0 Å². The van der Waals surface area contributed by atoms with Crippen molar-refractivity contribution in [1.29, 1.82) is 0 Å². The van der Waals surface area contributed by atoms with Crippen LogP contribution in [0.5, 0.6) is 0 Å². The first kappa shape index (κ1) is 7.36. The molecule has 0 aromatic heterocycles. The number of hydrogen-bond donors (Lipinski definition) is 1. The average molecular weight is 112 g/mol. The Morgan fingerprint density at radius 2 is 1.88 bits per heavy atom. The molecule has 0 aromatic rings. The Kier molecular flexibility index (Phi) is 2.41. The molecule has 0 bridgehead atoms. The van der Waals surface area contributed by atoms with Crippen LogP contribution < -0.4 is 0 Å². The molecule has 0 aliphatic rings. The van der Waals surface area contributed by atoms with Gasteiger partial charge in [0.05, 0.1) is 0 Å². The van der Waals surface area contributed by atoms with Gasteiger partial charge in [-0.2, -0.15) is 0 Å². The smallest absolute Gasteiger partial charge is 0.107 e.